The Balaban J connectivity index is 2.34. The number of rotatable bonds is 0. The third-order valence-electron chi connectivity index (χ3n) is 3.43. The van der Waals surface area contributed by atoms with E-state index in [1.165, 1.54) is 16.7 Å². The number of aromatic amines is 1. The van der Waals surface area contributed by atoms with Gasteiger partial charge in [-0.1, -0.05) is 36.4 Å². The SMILES string of the molecule is O=c1[nH]cc2c3c(cccc13)-c1ccccc1-2. The molecule has 1 aromatic heterocycles. The van der Waals surface area contributed by atoms with Crippen molar-refractivity contribution in [3.8, 4) is 22.3 Å². The predicted octanol–water partition coefficient (Wildman–Crippen LogP) is 3.18. The molecule has 1 N–H and O–H groups in total. The Morgan fingerprint density at radius 2 is 1.47 bits per heavy atom. The number of benzene rings is 2. The van der Waals surface area contributed by atoms with Gasteiger partial charge in [-0.25, -0.2) is 0 Å². The van der Waals surface area contributed by atoms with Crippen molar-refractivity contribution in [2.24, 2.45) is 0 Å². The summed E-state index contributed by atoms with van der Waals surface area (Å²) >= 11 is 0. The summed E-state index contributed by atoms with van der Waals surface area (Å²) in [6.45, 7) is 0. The molecule has 0 bridgehead atoms. The van der Waals surface area contributed by atoms with Crippen LogP contribution in [0.5, 0.6) is 0 Å². The standard InChI is InChI=1S/C15H9NO/c17-15-12-7-3-6-11-9-4-1-2-5-10(9)13(8-16-15)14(11)12/h1-8H,(H,16,17). The normalized spacial score (nSPS) is 11.8. The van der Waals surface area contributed by atoms with Gasteiger partial charge in [0.1, 0.15) is 0 Å². The predicted molar refractivity (Wildman–Crippen MR) is 69.0 cm³/mol. The smallest absolute Gasteiger partial charge is 0.255 e. The molecule has 0 amide bonds. The van der Waals surface area contributed by atoms with Crippen molar-refractivity contribution < 1.29 is 0 Å². The van der Waals surface area contributed by atoms with Crippen LogP contribution in [0.3, 0.4) is 0 Å². The molecule has 2 heteroatoms. The van der Waals surface area contributed by atoms with Gasteiger partial charge in [-0.15, -0.1) is 0 Å². The highest BCUT2D eigenvalue weighted by molar-refractivity contribution is 6.14. The summed E-state index contributed by atoms with van der Waals surface area (Å²) < 4.78 is 0. The monoisotopic (exact) mass is 219 g/mol. The van der Waals surface area contributed by atoms with Crippen LogP contribution in [0.4, 0.5) is 0 Å². The van der Waals surface area contributed by atoms with Crippen molar-refractivity contribution in [2.75, 3.05) is 0 Å². The number of nitrogens with one attached hydrogen (secondary N) is 1. The largest absolute Gasteiger partial charge is 0.328 e. The first kappa shape index (κ1) is 8.76. The van der Waals surface area contributed by atoms with E-state index in [2.05, 4.69) is 23.2 Å². The molecule has 0 saturated carbocycles. The van der Waals surface area contributed by atoms with Crippen LogP contribution in [0, 0.1) is 0 Å². The molecule has 0 unspecified atom stereocenters. The van der Waals surface area contributed by atoms with E-state index in [1.54, 1.807) is 0 Å². The Bertz CT molecular complexity index is 785. The summed E-state index contributed by atoms with van der Waals surface area (Å²) in [6, 6.07) is 14.2. The van der Waals surface area contributed by atoms with Crippen LogP contribution in [0.2, 0.25) is 0 Å². The minimum Gasteiger partial charge on any atom is -0.328 e. The second-order valence-electron chi connectivity index (χ2n) is 4.31. The quantitative estimate of drug-likeness (QED) is 0.484. The highest BCUT2D eigenvalue weighted by atomic mass is 16.1. The van der Waals surface area contributed by atoms with E-state index < -0.39 is 0 Å². The van der Waals surface area contributed by atoms with Crippen molar-refractivity contribution in [1.29, 1.82) is 0 Å². The third-order valence-corrected chi connectivity index (χ3v) is 3.43. The van der Waals surface area contributed by atoms with Gasteiger partial charge in [-0.3, -0.25) is 4.79 Å². The molecular weight excluding hydrogens is 210 g/mol. The number of fused-ring (bicyclic) bond motifs is 3. The first-order valence-corrected chi connectivity index (χ1v) is 5.60. The van der Waals surface area contributed by atoms with Gasteiger partial charge in [0.2, 0.25) is 0 Å². The maximum atomic E-state index is 11.8. The molecule has 0 spiro atoms. The fraction of sp³-hybridized carbons (Fsp3) is 0. The van der Waals surface area contributed by atoms with Crippen molar-refractivity contribution in [3.63, 3.8) is 0 Å². The lowest BCUT2D eigenvalue weighted by Crippen LogP contribution is -2.04. The highest BCUT2D eigenvalue weighted by Crippen LogP contribution is 2.45. The zero-order valence-corrected chi connectivity index (χ0v) is 9.03. The van der Waals surface area contributed by atoms with E-state index in [0.29, 0.717) is 0 Å². The van der Waals surface area contributed by atoms with Crippen LogP contribution in [-0.2, 0) is 0 Å². The lowest BCUT2D eigenvalue weighted by Gasteiger charge is -1.99. The summed E-state index contributed by atoms with van der Waals surface area (Å²) in [5, 5.41) is 1.86. The van der Waals surface area contributed by atoms with Gasteiger partial charge in [-0.2, -0.15) is 0 Å². The van der Waals surface area contributed by atoms with Gasteiger partial charge < -0.3 is 4.98 Å². The van der Waals surface area contributed by atoms with Crippen LogP contribution >= 0.6 is 0 Å². The third kappa shape index (κ3) is 0.972. The summed E-state index contributed by atoms with van der Waals surface area (Å²) in [5.41, 5.74) is 4.70. The van der Waals surface area contributed by atoms with Crippen LogP contribution in [-0.4, -0.2) is 4.98 Å². The summed E-state index contributed by atoms with van der Waals surface area (Å²) in [5.74, 6) is 0. The average Bonchev–Trinajstić information content (AvgIpc) is 2.70. The number of hydrogen-bond acceptors (Lipinski definition) is 1. The molecule has 0 radical (unpaired) electrons. The molecule has 1 aliphatic carbocycles. The molecule has 0 atom stereocenters. The van der Waals surface area contributed by atoms with Crippen LogP contribution < -0.4 is 5.56 Å². The van der Waals surface area contributed by atoms with Gasteiger partial charge in [-0.05, 0) is 22.8 Å². The summed E-state index contributed by atoms with van der Waals surface area (Å²) in [4.78, 5) is 14.6. The summed E-state index contributed by atoms with van der Waals surface area (Å²) in [6.07, 6.45) is 1.82. The van der Waals surface area contributed by atoms with E-state index in [0.717, 1.165) is 16.3 Å². The molecule has 1 aliphatic rings. The molecule has 80 valence electrons. The van der Waals surface area contributed by atoms with E-state index >= 15 is 0 Å². The molecule has 1 heterocycles. The Labute approximate surface area is 97.5 Å². The Morgan fingerprint density at radius 1 is 0.765 bits per heavy atom. The minimum atomic E-state index is -0.0154. The fourth-order valence-electron chi connectivity index (χ4n) is 2.71. The molecule has 3 aromatic rings. The number of aromatic nitrogens is 1. The Morgan fingerprint density at radius 3 is 2.29 bits per heavy atom. The molecule has 2 nitrogen and oxygen atoms in total. The van der Waals surface area contributed by atoms with Crippen molar-refractivity contribution in [3.05, 3.63) is 59.0 Å². The molecule has 0 aliphatic heterocycles. The van der Waals surface area contributed by atoms with Crippen LogP contribution in [0.15, 0.2) is 53.5 Å². The lowest BCUT2D eigenvalue weighted by molar-refractivity contribution is 1.28. The van der Waals surface area contributed by atoms with E-state index in [1.807, 2.05) is 30.5 Å². The number of H-pyrrole nitrogens is 1. The van der Waals surface area contributed by atoms with Gasteiger partial charge >= 0.3 is 0 Å². The first-order chi connectivity index (χ1) is 8.36. The van der Waals surface area contributed by atoms with E-state index in [-0.39, 0.29) is 5.56 Å². The molecular formula is C15H9NO. The lowest BCUT2D eigenvalue weighted by atomic mass is 10.0. The minimum absolute atomic E-state index is 0.0154. The molecule has 4 rings (SSSR count). The van der Waals surface area contributed by atoms with Crippen LogP contribution in [0.1, 0.15) is 0 Å². The van der Waals surface area contributed by atoms with E-state index in [4.69, 9.17) is 0 Å². The Kier molecular flexibility index (Phi) is 1.47. The van der Waals surface area contributed by atoms with E-state index in [9.17, 15) is 4.79 Å². The number of hydrogen-bond donors (Lipinski definition) is 1. The second kappa shape index (κ2) is 2.86. The molecule has 2 aromatic carbocycles. The van der Waals surface area contributed by atoms with Crippen molar-refractivity contribution in [2.45, 2.75) is 0 Å². The summed E-state index contributed by atoms with van der Waals surface area (Å²) in [7, 11) is 0. The number of pyridine rings is 1. The average molecular weight is 219 g/mol. The fourth-order valence-corrected chi connectivity index (χ4v) is 2.71. The second-order valence-corrected chi connectivity index (χ2v) is 4.31. The Hall–Kier alpha value is -2.35. The highest BCUT2D eigenvalue weighted by Gasteiger charge is 2.21. The molecule has 0 saturated heterocycles. The van der Waals surface area contributed by atoms with Gasteiger partial charge in [0, 0.05) is 22.5 Å². The first-order valence-electron chi connectivity index (χ1n) is 5.60. The maximum absolute atomic E-state index is 11.8. The van der Waals surface area contributed by atoms with Crippen molar-refractivity contribution >= 4 is 10.8 Å². The van der Waals surface area contributed by atoms with Crippen LogP contribution in [0.25, 0.3) is 33.0 Å². The van der Waals surface area contributed by atoms with Crippen molar-refractivity contribution in [1.82, 2.24) is 4.98 Å². The maximum Gasteiger partial charge on any atom is 0.255 e. The molecule has 0 fully saturated rings. The molecule has 17 heavy (non-hydrogen) atoms. The van der Waals surface area contributed by atoms with Gasteiger partial charge in [0.05, 0.1) is 0 Å². The van der Waals surface area contributed by atoms with Gasteiger partial charge in [0.25, 0.3) is 5.56 Å². The zero-order chi connectivity index (χ0) is 11.4. The van der Waals surface area contributed by atoms with Gasteiger partial charge in [0.15, 0.2) is 0 Å². The zero-order valence-electron chi connectivity index (χ0n) is 9.03. The topological polar surface area (TPSA) is 32.9 Å².